The number of ether oxygens (including phenoxy) is 1. The Morgan fingerprint density at radius 1 is 1.17 bits per heavy atom. The van der Waals surface area contributed by atoms with E-state index in [1.165, 1.54) is 5.56 Å². The average molecular weight is 242 g/mol. The zero-order valence-electron chi connectivity index (χ0n) is 10.7. The van der Waals surface area contributed by atoms with Crippen molar-refractivity contribution in [3.05, 3.63) is 53.6 Å². The quantitative estimate of drug-likeness (QED) is 0.809. The van der Waals surface area contributed by atoms with Gasteiger partial charge in [0, 0.05) is 12.2 Å². The van der Waals surface area contributed by atoms with Gasteiger partial charge in [-0.25, -0.2) is 0 Å². The van der Waals surface area contributed by atoms with Crippen LogP contribution in [0.15, 0.2) is 42.5 Å². The third-order valence-corrected chi connectivity index (χ3v) is 2.79. The van der Waals surface area contributed by atoms with Crippen molar-refractivity contribution in [1.82, 2.24) is 0 Å². The highest BCUT2D eigenvalue weighted by atomic mass is 16.5. The molecule has 0 radical (unpaired) electrons. The van der Waals surface area contributed by atoms with Gasteiger partial charge in [0.25, 0.3) is 0 Å². The van der Waals surface area contributed by atoms with Crippen LogP contribution in [0.4, 0.5) is 11.4 Å². The fraction of sp³-hybridized carbons (Fsp3) is 0.200. The second-order valence-electron chi connectivity index (χ2n) is 4.30. The zero-order valence-corrected chi connectivity index (χ0v) is 10.7. The van der Waals surface area contributed by atoms with Crippen LogP contribution < -0.4 is 15.8 Å². The minimum atomic E-state index is 0.727. The van der Waals surface area contributed by atoms with Crippen LogP contribution >= 0.6 is 0 Å². The second-order valence-corrected chi connectivity index (χ2v) is 4.30. The van der Waals surface area contributed by atoms with Crippen LogP contribution in [0.2, 0.25) is 0 Å². The van der Waals surface area contributed by atoms with E-state index in [2.05, 4.69) is 18.3 Å². The van der Waals surface area contributed by atoms with Crippen LogP contribution in [-0.4, -0.2) is 7.11 Å². The van der Waals surface area contributed by atoms with E-state index in [4.69, 9.17) is 10.5 Å². The van der Waals surface area contributed by atoms with Crippen molar-refractivity contribution < 1.29 is 4.74 Å². The topological polar surface area (TPSA) is 47.3 Å². The number of hydrogen-bond acceptors (Lipinski definition) is 3. The molecule has 18 heavy (non-hydrogen) atoms. The number of hydrogen-bond donors (Lipinski definition) is 2. The van der Waals surface area contributed by atoms with Gasteiger partial charge in [0.1, 0.15) is 5.75 Å². The smallest absolute Gasteiger partial charge is 0.141 e. The Hall–Kier alpha value is -2.16. The highest BCUT2D eigenvalue weighted by Gasteiger charge is 2.02. The highest BCUT2D eigenvalue weighted by Crippen LogP contribution is 2.25. The Kier molecular flexibility index (Phi) is 3.72. The number of anilines is 2. The first-order valence-corrected chi connectivity index (χ1v) is 5.92. The Labute approximate surface area is 108 Å². The van der Waals surface area contributed by atoms with E-state index in [0.29, 0.717) is 0 Å². The summed E-state index contributed by atoms with van der Waals surface area (Å²) in [5.74, 6) is 0.851. The molecule has 0 atom stereocenters. The monoisotopic (exact) mass is 242 g/mol. The molecule has 0 unspecified atom stereocenters. The molecule has 0 spiro atoms. The predicted molar refractivity (Wildman–Crippen MR) is 75.9 cm³/mol. The summed E-state index contributed by atoms with van der Waals surface area (Å²) in [6.07, 6.45) is 0. The van der Waals surface area contributed by atoms with Gasteiger partial charge in [-0.1, -0.05) is 18.2 Å². The van der Waals surface area contributed by atoms with Gasteiger partial charge in [-0.2, -0.15) is 0 Å². The molecule has 0 heterocycles. The molecule has 2 aromatic carbocycles. The Bertz CT molecular complexity index is 538. The van der Waals surface area contributed by atoms with Gasteiger partial charge in [-0.15, -0.1) is 0 Å². The Morgan fingerprint density at radius 2 is 2.00 bits per heavy atom. The molecule has 0 aromatic heterocycles. The number of rotatable bonds is 4. The summed E-state index contributed by atoms with van der Waals surface area (Å²) in [6.45, 7) is 2.79. The third kappa shape index (κ3) is 2.94. The molecule has 0 aliphatic heterocycles. The molecule has 94 valence electrons. The van der Waals surface area contributed by atoms with Gasteiger partial charge in [-0.05, 0) is 42.3 Å². The van der Waals surface area contributed by atoms with Crippen molar-refractivity contribution in [2.24, 2.45) is 0 Å². The van der Waals surface area contributed by atoms with E-state index in [0.717, 1.165) is 29.2 Å². The van der Waals surface area contributed by atoms with E-state index in [1.807, 2.05) is 36.4 Å². The number of aryl methyl sites for hydroxylation is 1. The molecule has 0 saturated carbocycles. The van der Waals surface area contributed by atoms with E-state index in [-0.39, 0.29) is 0 Å². The molecule has 2 aromatic rings. The number of methoxy groups -OCH3 is 1. The number of nitrogens with two attached hydrogens (primary N) is 1. The summed E-state index contributed by atoms with van der Waals surface area (Å²) in [5.41, 5.74) is 9.89. The molecular formula is C15H18N2O. The van der Waals surface area contributed by atoms with Crippen molar-refractivity contribution >= 4 is 11.4 Å². The summed E-state index contributed by atoms with van der Waals surface area (Å²) in [7, 11) is 1.68. The maximum atomic E-state index is 5.76. The van der Waals surface area contributed by atoms with Crippen LogP contribution in [0, 0.1) is 6.92 Å². The maximum Gasteiger partial charge on any atom is 0.141 e. The van der Waals surface area contributed by atoms with Gasteiger partial charge < -0.3 is 15.8 Å². The fourth-order valence-electron chi connectivity index (χ4n) is 1.86. The Balaban J connectivity index is 2.12. The first kappa shape index (κ1) is 12.3. The van der Waals surface area contributed by atoms with Crippen LogP contribution in [0.25, 0.3) is 0 Å². The normalized spacial score (nSPS) is 10.1. The van der Waals surface area contributed by atoms with Gasteiger partial charge in [-0.3, -0.25) is 0 Å². The summed E-state index contributed by atoms with van der Waals surface area (Å²) >= 11 is 0. The largest absolute Gasteiger partial charge is 0.495 e. The van der Waals surface area contributed by atoms with E-state index >= 15 is 0 Å². The number of benzene rings is 2. The van der Waals surface area contributed by atoms with Crippen LogP contribution in [0.5, 0.6) is 5.75 Å². The van der Waals surface area contributed by atoms with E-state index in [1.54, 1.807) is 7.11 Å². The number of nitrogens with one attached hydrogen (secondary N) is 1. The van der Waals surface area contributed by atoms with Crippen molar-refractivity contribution in [3.63, 3.8) is 0 Å². The number of nitrogen functional groups attached to an aromatic ring is 1. The van der Waals surface area contributed by atoms with E-state index in [9.17, 15) is 0 Å². The molecule has 0 amide bonds. The van der Waals surface area contributed by atoms with Crippen molar-refractivity contribution in [2.45, 2.75) is 13.5 Å². The summed E-state index contributed by atoms with van der Waals surface area (Å²) in [6, 6.07) is 13.9. The first-order valence-electron chi connectivity index (χ1n) is 5.92. The zero-order chi connectivity index (χ0) is 13.0. The van der Waals surface area contributed by atoms with Gasteiger partial charge >= 0.3 is 0 Å². The van der Waals surface area contributed by atoms with Crippen LogP contribution in [0.3, 0.4) is 0 Å². The molecular weight excluding hydrogens is 224 g/mol. The summed E-state index contributed by atoms with van der Waals surface area (Å²) in [5, 5.41) is 3.37. The lowest BCUT2D eigenvalue weighted by molar-refractivity contribution is 0.416. The molecule has 0 fully saturated rings. The molecule has 0 bridgehead atoms. The Morgan fingerprint density at radius 3 is 2.72 bits per heavy atom. The van der Waals surface area contributed by atoms with E-state index < -0.39 is 0 Å². The SMILES string of the molecule is COc1ccc(C)cc1NCc1cccc(N)c1. The molecule has 3 nitrogen and oxygen atoms in total. The lowest BCUT2D eigenvalue weighted by atomic mass is 10.1. The predicted octanol–water partition coefficient (Wildman–Crippen LogP) is 3.20. The lowest BCUT2D eigenvalue weighted by Gasteiger charge is -2.12. The van der Waals surface area contributed by atoms with Gasteiger partial charge in [0.2, 0.25) is 0 Å². The summed E-state index contributed by atoms with van der Waals surface area (Å²) in [4.78, 5) is 0. The lowest BCUT2D eigenvalue weighted by Crippen LogP contribution is -2.02. The van der Waals surface area contributed by atoms with Gasteiger partial charge in [0.15, 0.2) is 0 Å². The first-order chi connectivity index (χ1) is 8.69. The second kappa shape index (κ2) is 5.45. The molecule has 0 aliphatic rings. The standard InChI is InChI=1S/C15H18N2O/c1-11-6-7-15(18-2)14(8-11)17-10-12-4-3-5-13(16)9-12/h3-9,17H,10,16H2,1-2H3. The summed E-state index contributed by atoms with van der Waals surface area (Å²) < 4.78 is 5.33. The van der Waals surface area contributed by atoms with Crippen molar-refractivity contribution in [1.29, 1.82) is 0 Å². The molecule has 3 N–H and O–H groups in total. The highest BCUT2D eigenvalue weighted by molar-refractivity contribution is 5.58. The minimum Gasteiger partial charge on any atom is -0.495 e. The van der Waals surface area contributed by atoms with Crippen LogP contribution in [0.1, 0.15) is 11.1 Å². The molecule has 3 heteroatoms. The molecule has 0 aliphatic carbocycles. The van der Waals surface area contributed by atoms with Gasteiger partial charge in [0.05, 0.1) is 12.8 Å². The van der Waals surface area contributed by atoms with Crippen LogP contribution in [-0.2, 0) is 6.54 Å². The van der Waals surface area contributed by atoms with Crippen molar-refractivity contribution in [3.8, 4) is 5.75 Å². The maximum absolute atomic E-state index is 5.76. The van der Waals surface area contributed by atoms with Crippen molar-refractivity contribution in [2.75, 3.05) is 18.2 Å². The molecule has 0 saturated heterocycles. The molecule has 2 rings (SSSR count). The average Bonchev–Trinajstić information content (AvgIpc) is 2.37. The fourth-order valence-corrected chi connectivity index (χ4v) is 1.86. The minimum absolute atomic E-state index is 0.727. The third-order valence-electron chi connectivity index (χ3n) is 2.79.